The fraction of sp³-hybridized carbons (Fsp3) is 0.933. The number of hydrogen-bond donors (Lipinski definition) is 0. The van der Waals surface area contributed by atoms with Crippen molar-refractivity contribution in [2.24, 2.45) is 5.92 Å². The Morgan fingerprint density at radius 2 is 1.50 bits per heavy atom. The first-order valence-corrected chi connectivity index (χ1v) is 7.22. The van der Waals surface area contributed by atoms with E-state index in [4.69, 9.17) is 0 Å². The van der Waals surface area contributed by atoms with Crippen LogP contribution in [0.2, 0.25) is 0 Å². The molecule has 0 amide bonds. The number of rotatable bonds is 11. The van der Waals surface area contributed by atoms with Gasteiger partial charge in [-0.1, -0.05) is 65.7 Å². The molecule has 0 aliphatic heterocycles. The Labute approximate surface area is 102 Å². The van der Waals surface area contributed by atoms with E-state index in [-0.39, 0.29) is 0 Å². The van der Waals surface area contributed by atoms with Gasteiger partial charge in [0.2, 0.25) is 0 Å². The average molecular weight is 226 g/mol. The van der Waals surface area contributed by atoms with Gasteiger partial charge in [-0.25, -0.2) is 0 Å². The molecule has 0 rings (SSSR count). The molecule has 0 aromatic rings. The van der Waals surface area contributed by atoms with Gasteiger partial charge in [0.25, 0.3) is 0 Å². The maximum Gasteiger partial charge on any atom is 0.132 e. The molecule has 0 saturated heterocycles. The second-order valence-corrected chi connectivity index (χ2v) is 5.07. The van der Waals surface area contributed by atoms with Crippen molar-refractivity contribution in [3.05, 3.63) is 0 Å². The van der Waals surface area contributed by atoms with Gasteiger partial charge in [0.1, 0.15) is 5.78 Å². The van der Waals surface area contributed by atoms with E-state index >= 15 is 0 Å². The quantitative estimate of drug-likeness (QED) is 0.446. The monoisotopic (exact) mass is 226 g/mol. The minimum absolute atomic E-state index is 0.428. The zero-order valence-corrected chi connectivity index (χ0v) is 11.6. The van der Waals surface area contributed by atoms with Gasteiger partial charge in [-0.2, -0.15) is 0 Å². The predicted molar refractivity (Wildman–Crippen MR) is 71.7 cm³/mol. The van der Waals surface area contributed by atoms with Crippen LogP contribution in [0.15, 0.2) is 0 Å². The van der Waals surface area contributed by atoms with Crippen LogP contribution in [0.4, 0.5) is 0 Å². The van der Waals surface area contributed by atoms with Gasteiger partial charge in [-0.05, 0) is 12.3 Å². The van der Waals surface area contributed by atoms with E-state index in [9.17, 15) is 4.79 Å². The van der Waals surface area contributed by atoms with Gasteiger partial charge in [0.05, 0.1) is 0 Å². The Morgan fingerprint density at radius 1 is 0.938 bits per heavy atom. The van der Waals surface area contributed by atoms with Crippen molar-refractivity contribution in [3.8, 4) is 0 Å². The van der Waals surface area contributed by atoms with Crippen molar-refractivity contribution < 1.29 is 4.79 Å². The number of carbonyl (C=O) groups is 1. The molecular weight excluding hydrogens is 196 g/mol. The molecule has 0 aliphatic carbocycles. The van der Waals surface area contributed by atoms with Crippen molar-refractivity contribution in [1.82, 2.24) is 0 Å². The van der Waals surface area contributed by atoms with Gasteiger partial charge >= 0.3 is 0 Å². The lowest BCUT2D eigenvalue weighted by Crippen LogP contribution is -1.94. The van der Waals surface area contributed by atoms with Crippen molar-refractivity contribution in [2.75, 3.05) is 0 Å². The van der Waals surface area contributed by atoms with Gasteiger partial charge in [0.15, 0.2) is 0 Å². The lowest BCUT2D eigenvalue weighted by molar-refractivity contribution is -0.118. The van der Waals surface area contributed by atoms with Crippen LogP contribution in [0.25, 0.3) is 0 Å². The first kappa shape index (κ1) is 15.7. The van der Waals surface area contributed by atoms with Crippen molar-refractivity contribution in [2.45, 2.75) is 85.0 Å². The van der Waals surface area contributed by atoms with E-state index in [0.717, 1.165) is 25.2 Å². The van der Waals surface area contributed by atoms with E-state index < -0.39 is 0 Å². The van der Waals surface area contributed by atoms with Gasteiger partial charge in [-0.3, -0.25) is 4.79 Å². The molecule has 16 heavy (non-hydrogen) atoms. The maximum atomic E-state index is 11.1. The molecule has 1 nitrogen and oxygen atoms in total. The zero-order chi connectivity index (χ0) is 12.2. The van der Waals surface area contributed by atoms with Crippen LogP contribution in [0, 0.1) is 5.92 Å². The van der Waals surface area contributed by atoms with Crippen LogP contribution in [-0.2, 0) is 4.79 Å². The van der Waals surface area contributed by atoms with Crippen molar-refractivity contribution in [3.63, 3.8) is 0 Å². The highest BCUT2D eigenvalue weighted by molar-refractivity contribution is 5.77. The summed E-state index contributed by atoms with van der Waals surface area (Å²) in [6, 6.07) is 0. The molecule has 1 heteroatoms. The maximum absolute atomic E-state index is 11.1. The van der Waals surface area contributed by atoms with Crippen LogP contribution in [0.5, 0.6) is 0 Å². The first-order valence-electron chi connectivity index (χ1n) is 7.22. The van der Waals surface area contributed by atoms with E-state index in [1.165, 1.54) is 44.9 Å². The third-order valence-electron chi connectivity index (χ3n) is 3.49. The molecule has 0 bridgehead atoms. The minimum atomic E-state index is 0.428. The molecule has 0 aromatic heterocycles. The number of carbonyl (C=O) groups excluding carboxylic acids is 1. The Bertz CT molecular complexity index is 163. The summed E-state index contributed by atoms with van der Waals surface area (Å²) in [5.41, 5.74) is 0. The van der Waals surface area contributed by atoms with Crippen molar-refractivity contribution >= 4 is 5.78 Å². The van der Waals surface area contributed by atoms with Crippen LogP contribution in [0.3, 0.4) is 0 Å². The standard InChI is InChI=1S/C15H30O/c1-4-14(3)12-10-8-6-7-9-11-13-15(16)5-2/h14H,4-13H2,1-3H3/t14-/m0/s1. The topological polar surface area (TPSA) is 17.1 Å². The lowest BCUT2D eigenvalue weighted by Gasteiger charge is -2.07. The average Bonchev–Trinajstić information content (AvgIpc) is 2.31. The molecule has 0 fully saturated rings. The number of unbranched alkanes of at least 4 members (excludes halogenated alkanes) is 5. The summed E-state index contributed by atoms with van der Waals surface area (Å²) in [5.74, 6) is 1.33. The van der Waals surface area contributed by atoms with E-state index in [1.54, 1.807) is 0 Å². The summed E-state index contributed by atoms with van der Waals surface area (Å²) < 4.78 is 0. The number of ketones is 1. The molecule has 0 unspecified atom stereocenters. The van der Waals surface area contributed by atoms with Crippen LogP contribution in [0.1, 0.15) is 85.0 Å². The van der Waals surface area contributed by atoms with Gasteiger partial charge < -0.3 is 0 Å². The Morgan fingerprint density at radius 3 is 2.06 bits per heavy atom. The van der Waals surface area contributed by atoms with Crippen LogP contribution in [-0.4, -0.2) is 5.78 Å². The fourth-order valence-electron chi connectivity index (χ4n) is 1.90. The molecule has 96 valence electrons. The molecule has 0 aromatic carbocycles. The molecule has 1 atom stereocenters. The molecule has 0 spiro atoms. The second kappa shape index (κ2) is 11.2. The molecule has 0 N–H and O–H groups in total. The van der Waals surface area contributed by atoms with Crippen LogP contribution < -0.4 is 0 Å². The molecule has 0 heterocycles. The summed E-state index contributed by atoms with van der Waals surface area (Å²) in [4.78, 5) is 11.1. The Kier molecular flexibility index (Phi) is 10.9. The summed E-state index contributed by atoms with van der Waals surface area (Å²) in [7, 11) is 0. The van der Waals surface area contributed by atoms with E-state index in [2.05, 4.69) is 13.8 Å². The predicted octanol–water partition coefficient (Wildman–Crippen LogP) is 5.13. The largest absolute Gasteiger partial charge is 0.300 e. The fourth-order valence-corrected chi connectivity index (χ4v) is 1.90. The summed E-state index contributed by atoms with van der Waals surface area (Å²) in [5, 5.41) is 0. The highest BCUT2D eigenvalue weighted by Crippen LogP contribution is 2.14. The highest BCUT2D eigenvalue weighted by atomic mass is 16.1. The third-order valence-corrected chi connectivity index (χ3v) is 3.49. The second-order valence-electron chi connectivity index (χ2n) is 5.07. The first-order chi connectivity index (χ1) is 7.70. The smallest absolute Gasteiger partial charge is 0.132 e. The Balaban J connectivity index is 3.07. The molecule has 0 aliphatic rings. The minimum Gasteiger partial charge on any atom is -0.300 e. The number of hydrogen-bond acceptors (Lipinski definition) is 1. The molecular formula is C15H30O. The normalized spacial score (nSPS) is 12.7. The third kappa shape index (κ3) is 10.2. The van der Waals surface area contributed by atoms with Crippen LogP contribution >= 0.6 is 0 Å². The Hall–Kier alpha value is -0.330. The lowest BCUT2D eigenvalue weighted by atomic mass is 9.99. The zero-order valence-electron chi connectivity index (χ0n) is 11.6. The van der Waals surface area contributed by atoms with Gasteiger partial charge in [0, 0.05) is 12.8 Å². The van der Waals surface area contributed by atoms with E-state index in [1.807, 2.05) is 6.92 Å². The highest BCUT2D eigenvalue weighted by Gasteiger charge is 1.99. The van der Waals surface area contributed by atoms with Gasteiger partial charge in [-0.15, -0.1) is 0 Å². The summed E-state index contributed by atoms with van der Waals surface area (Å²) >= 11 is 0. The molecule has 0 saturated carbocycles. The SMILES string of the molecule is CCC(=O)CCCCCCCC[C@@H](C)CC. The van der Waals surface area contributed by atoms with E-state index in [0.29, 0.717) is 5.78 Å². The summed E-state index contributed by atoms with van der Waals surface area (Å²) in [6.07, 6.45) is 12.0. The van der Waals surface area contributed by atoms with Crippen molar-refractivity contribution in [1.29, 1.82) is 0 Å². The molecule has 0 radical (unpaired) electrons. The summed E-state index contributed by atoms with van der Waals surface area (Å²) in [6.45, 7) is 6.57. The number of Topliss-reactive ketones (excluding diaryl/α,β-unsaturated/α-hetero) is 1.